The van der Waals surface area contributed by atoms with E-state index in [1.165, 1.54) is 0 Å². The lowest BCUT2D eigenvalue weighted by Crippen LogP contribution is -2.65. The molecule has 0 unspecified atom stereocenters. The minimum Gasteiger partial charge on any atom is -0.479 e. The topological polar surface area (TPSA) is 185 Å². The van der Waals surface area contributed by atoms with E-state index < -0.39 is 43.5 Å². The van der Waals surface area contributed by atoms with Crippen molar-refractivity contribution in [2.75, 3.05) is 0 Å². The summed E-state index contributed by atoms with van der Waals surface area (Å²) >= 11 is 0. The van der Waals surface area contributed by atoms with Gasteiger partial charge in [0.25, 0.3) is 0 Å². The number of hydrogen-bond acceptors (Lipinski definition) is 7. The zero-order valence-corrected chi connectivity index (χ0v) is 9.01. The number of ether oxygens (including phenoxy) is 1. The maximum absolute atomic E-state index is 10.9. The van der Waals surface area contributed by atoms with Gasteiger partial charge in [-0.3, -0.25) is 4.57 Å². The smallest absolute Gasteiger partial charge is 0.387 e. The third-order valence-corrected chi connectivity index (χ3v) is 3.53. The van der Waals surface area contributed by atoms with Crippen molar-refractivity contribution in [2.24, 2.45) is 0 Å². The Balaban J connectivity index is 3.18. The summed E-state index contributed by atoms with van der Waals surface area (Å²) in [5.41, 5.74) is -3.59. The lowest BCUT2D eigenvalue weighted by atomic mass is 9.99. The molecular weight excluding hydrogens is 263 g/mol. The quantitative estimate of drug-likeness (QED) is 0.248. The Bertz CT molecular complexity index is 364. The maximum Gasteiger partial charge on any atom is 0.387 e. The Morgan fingerprint density at radius 2 is 1.65 bits per heavy atom. The van der Waals surface area contributed by atoms with E-state index in [0.29, 0.717) is 0 Å². The first-order valence-electron chi connectivity index (χ1n) is 4.25. The highest BCUT2D eigenvalue weighted by molar-refractivity contribution is 7.53. The second-order valence-corrected chi connectivity index (χ2v) is 5.23. The van der Waals surface area contributed by atoms with E-state index in [-0.39, 0.29) is 0 Å². The molecule has 100 valence electrons. The van der Waals surface area contributed by atoms with E-state index in [9.17, 15) is 29.8 Å². The van der Waals surface area contributed by atoms with Gasteiger partial charge in [0.2, 0.25) is 0 Å². The van der Waals surface area contributed by atoms with Crippen LogP contribution in [0.3, 0.4) is 0 Å². The molecule has 17 heavy (non-hydrogen) atoms. The summed E-state index contributed by atoms with van der Waals surface area (Å²) in [6.45, 7) is 0. The molecule has 0 spiro atoms. The predicted octanol–water partition coefficient (Wildman–Crippen LogP) is -3.62. The highest BCUT2D eigenvalue weighted by Crippen LogP contribution is 2.54. The fraction of sp³-hybridized carbons (Fsp3) is 0.833. The molecule has 1 rings (SSSR count). The number of hydrogen-bond donors (Lipinski definition) is 7. The maximum atomic E-state index is 10.9. The average molecular weight is 274 g/mol. The van der Waals surface area contributed by atoms with Gasteiger partial charge >= 0.3 is 19.1 Å². The van der Waals surface area contributed by atoms with Crippen LogP contribution in [0.1, 0.15) is 0 Å². The first-order chi connectivity index (χ1) is 7.52. The largest absolute Gasteiger partial charge is 0.479 e. The van der Waals surface area contributed by atoms with Crippen molar-refractivity contribution in [3.63, 3.8) is 0 Å². The van der Waals surface area contributed by atoms with Gasteiger partial charge in [0.05, 0.1) is 0 Å². The Hall–Kier alpha value is -0.580. The molecular formula is C6H11O10P. The molecule has 0 aromatic heterocycles. The summed E-state index contributed by atoms with van der Waals surface area (Å²) in [6, 6.07) is 0. The first kappa shape index (κ1) is 14.5. The van der Waals surface area contributed by atoms with Crippen LogP contribution in [0.25, 0.3) is 0 Å². The number of carboxylic acid groups (broad SMARTS) is 1. The first-order valence-corrected chi connectivity index (χ1v) is 5.86. The molecule has 1 heterocycles. The van der Waals surface area contributed by atoms with Crippen LogP contribution in [0.15, 0.2) is 0 Å². The molecule has 7 N–H and O–H groups in total. The summed E-state index contributed by atoms with van der Waals surface area (Å²) in [7, 11) is -5.50. The van der Waals surface area contributed by atoms with Gasteiger partial charge in [0, 0.05) is 0 Å². The number of aliphatic carboxylic acids is 1. The van der Waals surface area contributed by atoms with Crippen LogP contribution in [-0.4, -0.2) is 71.2 Å². The predicted molar refractivity (Wildman–Crippen MR) is 47.5 cm³/mol. The van der Waals surface area contributed by atoms with E-state index in [1.54, 1.807) is 0 Å². The Kier molecular flexibility index (Phi) is 3.63. The number of carbonyl (C=O) groups is 1. The SMILES string of the molecule is O=C(O)[C@H]1O[C@](O)(P(=O)(O)O)[C@H](O)[C@@H](O)[C@@H]1O. The van der Waals surface area contributed by atoms with Crippen LogP contribution in [0.4, 0.5) is 0 Å². The normalized spacial score (nSPS) is 43.4. The van der Waals surface area contributed by atoms with Crippen LogP contribution >= 0.6 is 7.60 Å². The van der Waals surface area contributed by atoms with E-state index >= 15 is 0 Å². The standard InChI is InChI=1S/C6H11O10P/c7-1-2(8)4(9)6(12,17(13,14)15)16-3(1)5(10)11/h1-4,7-9,12H,(H,10,11)(H2,13,14,15)/t1-,2-,3-,4+,6-/m0/s1. The second-order valence-electron chi connectivity index (χ2n) is 3.51. The van der Waals surface area contributed by atoms with E-state index in [1.807, 2.05) is 0 Å². The number of carboxylic acids is 1. The van der Waals surface area contributed by atoms with Gasteiger partial charge in [-0.15, -0.1) is 0 Å². The highest BCUT2D eigenvalue weighted by atomic mass is 31.2. The van der Waals surface area contributed by atoms with Crippen molar-refractivity contribution < 1.29 is 49.4 Å². The zero-order valence-electron chi connectivity index (χ0n) is 8.11. The number of aliphatic hydroxyl groups is 4. The van der Waals surface area contributed by atoms with Crippen LogP contribution in [-0.2, 0) is 14.1 Å². The van der Waals surface area contributed by atoms with Crippen molar-refractivity contribution in [1.82, 2.24) is 0 Å². The Morgan fingerprint density at radius 3 is 2.00 bits per heavy atom. The lowest BCUT2D eigenvalue weighted by Gasteiger charge is -2.43. The Morgan fingerprint density at radius 1 is 1.18 bits per heavy atom. The lowest BCUT2D eigenvalue weighted by molar-refractivity contribution is -0.308. The van der Waals surface area contributed by atoms with Crippen molar-refractivity contribution in [3.05, 3.63) is 0 Å². The summed E-state index contributed by atoms with van der Waals surface area (Å²) in [5, 5.41) is 45.6. The van der Waals surface area contributed by atoms with Gasteiger partial charge in [0.1, 0.15) is 18.3 Å². The fourth-order valence-corrected chi connectivity index (χ4v) is 2.10. The van der Waals surface area contributed by atoms with Crippen molar-refractivity contribution in [2.45, 2.75) is 29.9 Å². The molecule has 0 aromatic rings. The molecule has 1 saturated heterocycles. The summed E-state index contributed by atoms with van der Waals surface area (Å²) in [4.78, 5) is 28.1. The van der Waals surface area contributed by atoms with Gasteiger partial charge in [0.15, 0.2) is 6.10 Å². The minimum absolute atomic E-state index is 1.87. The zero-order chi connectivity index (χ0) is 13.6. The van der Waals surface area contributed by atoms with Crippen LogP contribution in [0, 0.1) is 0 Å². The van der Waals surface area contributed by atoms with Crippen molar-refractivity contribution in [3.8, 4) is 0 Å². The molecule has 0 bridgehead atoms. The molecule has 1 aliphatic heterocycles. The molecule has 0 saturated carbocycles. The van der Waals surface area contributed by atoms with Gasteiger partial charge < -0.3 is 40.1 Å². The molecule has 5 atom stereocenters. The van der Waals surface area contributed by atoms with Crippen LogP contribution < -0.4 is 0 Å². The molecule has 1 aliphatic rings. The minimum atomic E-state index is -5.50. The number of aliphatic hydroxyl groups excluding tert-OH is 3. The van der Waals surface area contributed by atoms with Gasteiger partial charge in [-0.25, -0.2) is 4.79 Å². The monoisotopic (exact) mass is 274 g/mol. The van der Waals surface area contributed by atoms with Crippen LogP contribution in [0.2, 0.25) is 0 Å². The van der Waals surface area contributed by atoms with Gasteiger partial charge in [-0.05, 0) is 0 Å². The van der Waals surface area contributed by atoms with Crippen molar-refractivity contribution in [1.29, 1.82) is 0 Å². The van der Waals surface area contributed by atoms with Gasteiger partial charge in [-0.2, -0.15) is 0 Å². The summed E-state index contributed by atoms with van der Waals surface area (Å²) in [6.07, 6.45) is -9.28. The average Bonchev–Trinajstić information content (AvgIpc) is 2.18. The summed E-state index contributed by atoms with van der Waals surface area (Å²) < 4.78 is 15.0. The molecule has 0 radical (unpaired) electrons. The second kappa shape index (κ2) is 4.26. The van der Waals surface area contributed by atoms with Crippen molar-refractivity contribution >= 4 is 13.6 Å². The van der Waals surface area contributed by atoms with Crippen LogP contribution in [0.5, 0.6) is 0 Å². The highest BCUT2D eigenvalue weighted by Gasteiger charge is 2.63. The molecule has 1 fully saturated rings. The third kappa shape index (κ3) is 2.21. The molecule has 0 aliphatic carbocycles. The Labute approximate surface area is 93.9 Å². The molecule has 0 aromatic carbocycles. The molecule has 11 heteroatoms. The molecule has 10 nitrogen and oxygen atoms in total. The van der Waals surface area contributed by atoms with Gasteiger partial charge in [-0.1, -0.05) is 0 Å². The third-order valence-electron chi connectivity index (χ3n) is 2.33. The number of rotatable bonds is 2. The fourth-order valence-electron chi connectivity index (χ4n) is 1.35. The molecule has 0 amide bonds. The van der Waals surface area contributed by atoms with E-state index in [0.717, 1.165) is 0 Å². The summed E-state index contributed by atoms with van der Waals surface area (Å²) in [5.74, 6) is -1.87. The van der Waals surface area contributed by atoms with E-state index in [2.05, 4.69) is 4.74 Å². The van der Waals surface area contributed by atoms with E-state index in [4.69, 9.17) is 14.9 Å².